The SMILES string of the molecule is Brc1ccc2c(c1)c1cc(Br)ccc1n2-c1ccccc1.CC1(C)OB(c2cccc(-c3c4ccccc4c(-c4ccc5ccccc5c4)c4ccccc34)c2)OC1(C)C.c1ccc(-n2c3ccc(-c4cccc(-c5c6ccccc6c(-c6ccc7ccccc7c6)c6ccccc56)c4)cc3c3cc(-c4cccc(-c5c6ccccc6c(-c6ccc7ccccc7c6)c6ccccc56)c4)ccc32)cc1. The average Bonchev–Trinajstić information content (AvgIpc) is 1.72. The van der Waals surface area contributed by atoms with Crippen LogP contribution in [0.4, 0.5) is 0 Å². The fourth-order valence-corrected chi connectivity index (χ4v) is 22.6. The molecule has 0 spiro atoms. The molecule has 0 amide bonds. The number of halogens is 2. The van der Waals surface area contributed by atoms with Gasteiger partial charge in [-0.05, 0) is 334 Å². The molecule has 24 aromatic carbocycles. The van der Waals surface area contributed by atoms with Gasteiger partial charge >= 0.3 is 7.12 Å². The van der Waals surface area contributed by atoms with E-state index < -0.39 is 7.12 Å². The molecule has 1 aliphatic heterocycles. The molecule has 4 nitrogen and oxygen atoms in total. The molecule has 1 fully saturated rings. The summed E-state index contributed by atoms with van der Waals surface area (Å²) >= 11 is 7.16. The van der Waals surface area contributed by atoms with Crippen molar-refractivity contribution in [1.29, 1.82) is 0 Å². The maximum atomic E-state index is 6.41. The van der Waals surface area contributed by atoms with E-state index in [-0.39, 0.29) is 11.2 Å². The first-order valence-electron chi connectivity index (χ1n) is 47.8. The predicted octanol–water partition coefficient (Wildman–Crippen LogP) is 36.8. The maximum Gasteiger partial charge on any atom is 0.494 e. The number of benzene rings is 24. The minimum atomic E-state index is -0.399. The van der Waals surface area contributed by atoms with E-state index >= 15 is 0 Å². The van der Waals surface area contributed by atoms with E-state index in [1.807, 2.05) is 6.07 Å². The van der Waals surface area contributed by atoms with E-state index in [0.717, 1.165) is 20.1 Å². The molecule has 3 heterocycles. The fourth-order valence-electron chi connectivity index (χ4n) is 21.9. The molecule has 0 aliphatic carbocycles. The van der Waals surface area contributed by atoms with Crippen molar-refractivity contribution in [3.8, 4) is 100 Å². The van der Waals surface area contributed by atoms with Gasteiger partial charge in [-0.15, -0.1) is 0 Å². The summed E-state index contributed by atoms with van der Waals surface area (Å²) in [6.07, 6.45) is 0. The van der Waals surface area contributed by atoms with Gasteiger partial charge in [-0.2, -0.15) is 0 Å². The average molecular weight is 1910 g/mol. The van der Waals surface area contributed by atoms with Crippen LogP contribution in [0.2, 0.25) is 0 Å². The third-order valence-electron chi connectivity index (χ3n) is 29.1. The van der Waals surface area contributed by atoms with Crippen LogP contribution >= 0.6 is 31.9 Å². The Bertz CT molecular complexity index is 8910. The van der Waals surface area contributed by atoms with Gasteiger partial charge in [0.05, 0.1) is 33.3 Å². The summed E-state index contributed by atoms with van der Waals surface area (Å²) in [5.41, 5.74) is 27.0. The topological polar surface area (TPSA) is 28.3 Å². The van der Waals surface area contributed by atoms with Crippen LogP contribution in [0.3, 0.4) is 0 Å². The molecular formula is C132H91BBr2N2O2. The molecule has 0 N–H and O–H groups in total. The van der Waals surface area contributed by atoms with Crippen molar-refractivity contribution in [2.24, 2.45) is 0 Å². The minimum Gasteiger partial charge on any atom is -0.399 e. The lowest BCUT2D eigenvalue weighted by atomic mass is 9.77. The van der Waals surface area contributed by atoms with E-state index in [1.54, 1.807) is 0 Å². The quantitative estimate of drug-likeness (QED) is 0.0954. The van der Waals surface area contributed by atoms with Gasteiger partial charge in [-0.25, -0.2) is 0 Å². The van der Waals surface area contributed by atoms with Crippen LogP contribution < -0.4 is 5.46 Å². The summed E-state index contributed by atoms with van der Waals surface area (Å²) in [4.78, 5) is 0. The largest absolute Gasteiger partial charge is 0.494 e. The highest BCUT2D eigenvalue weighted by Crippen LogP contribution is 2.51. The predicted molar refractivity (Wildman–Crippen MR) is 600 cm³/mol. The molecular weight excluding hydrogens is 1820 g/mol. The van der Waals surface area contributed by atoms with Gasteiger partial charge in [0.15, 0.2) is 0 Å². The molecule has 2 aromatic heterocycles. The van der Waals surface area contributed by atoms with Crippen molar-refractivity contribution < 1.29 is 9.31 Å². The first-order valence-corrected chi connectivity index (χ1v) is 49.4. The molecule has 1 saturated heterocycles. The minimum absolute atomic E-state index is 0.380. The number of para-hydroxylation sites is 2. The summed E-state index contributed by atoms with van der Waals surface area (Å²) in [5.74, 6) is 0. The van der Waals surface area contributed by atoms with Crippen molar-refractivity contribution in [2.75, 3.05) is 0 Å². The normalized spacial score (nSPS) is 13.0. The standard InChI is InChI=1S/C78H49N.C36H31BO2.C18H11Br2N/c1-2-26-62(27-3-1)79-73-42-40-56(54-22-16-24-58(46-54)75-63-28-8-12-32-67(63)77(68-33-13-9-29-64(68)75)60-38-36-50-18-4-6-20-52(50)44-60)48-71(73)72-49-57(41-43-74(72)79)55-23-17-25-59(47-55)76-65-30-10-14-34-69(65)78(70-35-15-11-31-66(70)76)61-39-37-51-19-5-7-21-53(51)45-61;1-35(2)36(3,4)39-37(38-35)28-15-11-14-26(23-28)33-29-16-7-9-18-31(29)34(32-19-10-8-17-30(32)33)27-21-20-24-12-5-6-13-25(24)22-27;19-12-6-8-17-15(10-12)16-11-13(20)7-9-18(16)21(17)14-4-2-1-3-5-14/h1-49H;5-23H,1-4H3;1-11H. The number of nitrogens with zero attached hydrogens (tertiary/aromatic N) is 2. The van der Waals surface area contributed by atoms with E-state index in [2.05, 4.69) is 542 Å². The molecule has 7 heteroatoms. The van der Waals surface area contributed by atoms with Crippen molar-refractivity contribution in [3.05, 3.63) is 488 Å². The van der Waals surface area contributed by atoms with E-state index in [1.165, 1.54) is 235 Å². The van der Waals surface area contributed by atoms with E-state index in [9.17, 15) is 0 Å². The van der Waals surface area contributed by atoms with Crippen molar-refractivity contribution in [2.45, 2.75) is 38.9 Å². The number of hydrogen-bond acceptors (Lipinski definition) is 2. The number of fused-ring (bicyclic) bond motifs is 15. The smallest absolute Gasteiger partial charge is 0.399 e. The van der Waals surface area contributed by atoms with Gasteiger partial charge < -0.3 is 18.4 Å². The summed E-state index contributed by atoms with van der Waals surface area (Å²) in [6, 6.07) is 175. The van der Waals surface area contributed by atoms with Crippen LogP contribution in [0.5, 0.6) is 0 Å². The Kier molecular flexibility index (Phi) is 21.2. The first-order chi connectivity index (χ1) is 68.2. The summed E-state index contributed by atoms with van der Waals surface area (Å²) in [7, 11) is -0.399. The third-order valence-corrected chi connectivity index (χ3v) is 30.0. The monoisotopic (exact) mass is 1900 g/mol. The molecule has 0 saturated carbocycles. The third kappa shape index (κ3) is 15.0. The second-order valence-corrected chi connectivity index (χ2v) is 39.5. The maximum absolute atomic E-state index is 6.41. The van der Waals surface area contributed by atoms with E-state index in [0.29, 0.717) is 0 Å². The molecule has 0 atom stereocenters. The summed E-state index contributed by atoms with van der Waals surface area (Å²) in [6.45, 7) is 8.40. The van der Waals surface area contributed by atoms with Gasteiger partial charge in [-0.3, -0.25) is 0 Å². The lowest BCUT2D eigenvalue weighted by Crippen LogP contribution is -2.41. The number of rotatable bonds is 11. The summed E-state index contributed by atoms with van der Waals surface area (Å²) in [5, 5.41) is 27.5. The Balaban J connectivity index is 0.000000139. The van der Waals surface area contributed by atoms with E-state index in [4.69, 9.17) is 9.31 Å². The fraction of sp³-hybridized carbons (Fsp3) is 0.0455. The Morgan fingerprint density at radius 1 is 0.180 bits per heavy atom. The Morgan fingerprint density at radius 3 is 0.719 bits per heavy atom. The molecule has 27 rings (SSSR count). The van der Waals surface area contributed by atoms with Gasteiger partial charge in [0.1, 0.15) is 0 Å². The van der Waals surface area contributed by atoms with Crippen LogP contribution in [0, 0.1) is 0 Å². The van der Waals surface area contributed by atoms with Gasteiger partial charge in [0, 0.05) is 41.9 Å². The molecule has 1 aliphatic rings. The zero-order valence-electron chi connectivity index (χ0n) is 77.2. The lowest BCUT2D eigenvalue weighted by Gasteiger charge is -2.32. The number of hydrogen-bond donors (Lipinski definition) is 0. The summed E-state index contributed by atoms with van der Waals surface area (Å²) < 4.78 is 19.7. The highest BCUT2D eigenvalue weighted by Gasteiger charge is 2.52. The Morgan fingerprint density at radius 2 is 0.410 bits per heavy atom. The zero-order chi connectivity index (χ0) is 93.1. The van der Waals surface area contributed by atoms with Crippen molar-refractivity contribution in [1.82, 2.24) is 9.13 Å². The van der Waals surface area contributed by atoms with Gasteiger partial charge in [0.2, 0.25) is 0 Å². The van der Waals surface area contributed by atoms with Crippen LogP contribution in [0.15, 0.2) is 488 Å². The number of aromatic nitrogens is 2. The second kappa shape index (κ2) is 34.8. The first kappa shape index (κ1) is 84.9. The molecule has 0 unspecified atom stereocenters. The van der Waals surface area contributed by atoms with Crippen LogP contribution in [-0.2, 0) is 9.31 Å². The Hall–Kier alpha value is -15.8. The van der Waals surface area contributed by atoms with Crippen LogP contribution in [0.25, 0.3) is 241 Å². The van der Waals surface area contributed by atoms with Crippen molar-refractivity contribution >= 4 is 185 Å². The highest BCUT2D eigenvalue weighted by molar-refractivity contribution is 9.10. The highest BCUT2D eigenvalue weighted by atomic mass is 79.9. The molecule has 0 radical (unpaired) electrons. The van der Waals surface area contributed by atoms with Crippen LogP contribution in [0.1, 0.15) is 27.7 Å². The lowest BCUT2D eigenvalue weighted by molar-refractivity contribution is 0.00578. The van der Waals surface area contributed by atoms with Crippen molar-refractivity contribution in [3.63, 3.8) is 0 Å². The molecule has 0 bridgehead atoms. The zero-order valence-corrected chi connectivity index (χ0v) is 80.3. The van der Waals surface area contributed by atoms with Gasteiger partial charge in [0.25, 0.3) is 0 Å². The van der Waals surface area contributed by atoms with Gasteiger partial charge in [-0.1, -0.05) is 396 Å². The molecule has 26 aromatic rings. The molecule has 139 heavy (non-hydrogen) atoms. The molecule has 658 valence electrons. The second-order valence-electron chi connectivity index (χ2n) is 37.7. The van der Waals surface area contributed by atoms with Crippen LogP contribution in [-0.4, -0.2) is 27.5 Å². The Labute approximate surface area is 824 Å².